The Morgan fingerprint density at radius 2 is 2.12 bits per heavy atom. The van der Waals surface area contributed by atoms with Crippen LogP contribution in [0.1, 0.15) is 52.0 Å². The second-order valence-electron chi connectivity index (χ2n) is 8.90. The molecule has 0 spiro atoms. The molecule has 0 amide bonds. The first-order valence-electron chi connectivity index (χ1n) is 9.44. The van der Waals surface area contributed by atoms with Crippen LogP contribution in [0.4, 0.5) is 0 Å². The molecule has 1 aromatic carbocycles. The molecular formula is C21H31NO3. The van der Waals surface area contributed by atoms with Crippen LogP contribution in [-0.4, -0.2) is 24.7 Å². The summed E-state index contributed by atoms with van der Waals surface area (Å²) in [5.74, 6) is 1.63. The maximum Gasteiger partial charge on any atom is 0.316 e. The summed E-state index contributed by atoms with van der Waals surface area (Å²) < 4.78 is 5.55. The number of hydrogen-bond donors (Lipinski definition) is 2. The van der Waals surface area contributed by atoms with Crippen LogP contribution in [0.2, 0.25) is 0 Å². The molecule has 138 valence electrons. The van der Waals surface area contributed by atoms with Gasteiger partial charge in [-0.25, -0.2) is 0 Å². The maximum absolute atomic E-state index is 12.2. The van der Waals surface area contributed by atoms with Gasteiger partial charge in [-0.15, -0.1) is 0 Å². The molecule has 3 rings (SSSR count). The molecule has 2 bridgehead atoms. The van der Waals surface area contributed by atoms with Gasteiger partial charge in [0.15, 0.2) is 0 Å². The largest absolute Gasteiger partial charge is 0.426 e. The van der Waals surface area contributed by atoms with E-state index in [9.17, 15) is 9.90 Å². The monoisotopic (exact) mass is 345 g/mol. The van der Waals surface area contributed by atoms with Crippen LogP contribution in [0.25, 0.3) is 0 Å². The van der Waals surface area contributed by atoms with E-state index >= 15 is 0 Å². The molecule has 1 aromatic rings. The maximum atomic E-state index is 12.2. The summed E-state index contributed by atoms with van der Waals surface area (Å²) in [5.41, 5.74) is -0.522. The molecule has 25 heavy (non-hydrogen) atoms. The summed E-state index contributed by atoms with van der Waals surface area (Å²) in [6.45, 7) is 6.33. The number of hydrogen-bond acceptors (Lipinski definition) is 4. The van der Waals surface area contributed by atoms with Crippen molar-refractivity contribution in [2.45, 2.75) is 52.1 Å². The van der Waals surface area contributed by atoms with Crippen molar-refractivity contribution < 1.29 is 14.6 Å². The Morgan fingerprint density at radius 1 is 1.36 bits per heavy atom. The molecule has 2 N–H and O–H groups in total. The summed E-state index contributed by atoms with van der Waals surface area (Å²) in [7, 11) is 1.95. The van der Waals surface area contributed by atoms with Crippen molar-refractivity contribution in [3.8, 4) is 5.75 Å². The molecular weight excluding hydrogens is 314 g/mol. The minimum Gasteiger partial charge on any atom is -0.426 e. The molecule has 0 aliphatic heterocycles. The van der Waals surface area contributed by atoms with E-state index in [-0.39, 0.29) is 11.9 Å². The number of esters is 1. The lowest BCUT2D eigenvalue weighted by atomic mass is 9.66. The van der Waals surface area contributed by atoms with Gasteiger partial charge in [-0.2, -0.15) is 0 Å². The van der Waals surface area contributed by atoms with E-state index in [2.05, 4.69) is 5.32 Å². The Labute approximate surface area is 151 Å². The van der Waals surface area contributed by atoms with Crippen molar-refractivity contribution in [1.29, 1.82) is 0 Å². The van der Waals surface area contributed by atoms with Crippen LogP contribution in [0.15, 0.2) is 24.3 Å². The lowest BCUT2D eigenvalue weighted by Crippen LogP contribution is -2.47. The van der Waals surface area contributed by atoms with E-state index in [1.54, 1.807) is 6.07 Å². The normalized spacial score (nSPS) is 31.8. The van der Waals surface area contributed by atoms with Crippen molar-refractivity contribution in [3.05, 3.63) is 29.8 Å². The van der Waals surface area contributed by atoms with Crippen LogP contribution in [0, 0.1) is 23.2 Å². The van der Waals surface area contributed by atoms with Crippen molar-refractivity contribution in [3.63, 3.8) is 0 Å². The van der Waals surface area contributed by atoms with Gasteiger partial charge in [0.05, 0.1) is 11.0 Å². The van der Waals surface area contributed by atoms with Crippen molar-refractivity contribution in [2.24, 2.45) is 23.2 Å². The SMILES string of the molecule is CNCC1[C@H]2CCC(C2)CC1(O)c1cccc(OC(=O)C(C)(C)C)c1. The van der Waals surface area contributed by atoms with Crippen molar-refractivity contribution in [1.82, 2.24) is 5.32 Å². The molecule has 4 atom stereocenters. The summed E-state index contributed by atoms with van der Waals surface area (Å²) in [5, 5.41) is 14.9. The Kier molecular flexibility index (Phi) is 4.95. The molecule has 4 nitrogen and oxygen atoms in total. The van der Waals surface area contributed by atoms with Gasteiger partial charge in [0.2, 0.25) is 0 Å². The highest BCUT2D eigenvalue weighted by Gasteiger charge is 2.51. The molecule has 2 saturated carbocycles. The van der Waals surface area contributed by atoms with Crippen LogP contribution in [0.5, 0.6) is 5.75 Å². The molecule has 4 heteroatoms. The summed E-state index contributed by atoms with van der Waals surface area (Å²) >= 11 is 0. The molecule has 0 aromatic heterocycles. The zero-order valence-electron chi connectivity index (χ0n) is 15.8. The lowest BCUT2D eigenvalue weighted by Gasteiger charge is -2.44. The van der Waals surface area contributed by atoms with Crippen LogP contribution in [0.3, 0.4) is 0 Å². The minimum atomic E-state index is -0.850. The zero-order valence-corrected chi connectivity index (χ0v) is 15.8. The summed E-state index contributed by atoms with van der Waals surface area (Å²) in [4.78, 5) is 12.2. The Bertz CT molecular complexity index is 636. The number of rotatable bonds is 4. The van der Waals surface area contributed by atoms with E-state index < -0.39 is 11.0 Å². The summed E-state index contributed by atoms with van der Waals surface area (Å²) in [6.07, 6.45) is 4.45. The zero-order chi connectivity index (χ0) is 18.2. The Hall–Kier alpha value is -1.39. The molecule has 0 saturated heterocycles. The molecule has 2 aliphatic rings. The number of carbonyl (C=O) groups excluding carboxylic acids is 1. The highest BCUT2D eigenvalue weighted by molar-refractivity contribution is 5.77. The van der Waals surface area contributed by atoms with Gasteiger partial charge in [-0.3, -0.25) is 4.79 Å². The Balaban J connectivity index is 1.89. The van der Waals surface area contributed by atoms with E-state index in [1.807, 2.05) is 46.0 Å². The standard InChI is InChI=1S/C21H31NO3/c1-20(2,3)19(23)25-17-7-5-6-16(11-17)21(24)12-14-8-9-15(10-14)18(21)13-22-4/h5-7,11,14-15,18,22,24H,8-10,12-13H2,1-4H3/t14?,15-,18?,21?/m0/s1. The molecule has 3 unspecified atom stereocenters. The topological polar surface area (TPSA) is 58.6 Å². The van der Waals surface area contributed by atoms with E-state index in [0.29, 0.717) is 17.6 Å². The number of fused-ring (bicyclic) bond motifs is 2. The highest BCUT2D eigenvalue weighted by atomic mass is 16.5. The second-order valence-corrected chi connectivity index (χ2v) is 8.90. The van der Waals surface area contributed by atoms with E-state index in [1.165, 1.54) is 19.3 Å². The van der Waals surface area contributed by atoms with Crippen molar-refractivity contribution in [2.75, 3.05) is 13.6 Å². The molecule has 2 fully saturated rings. The third kappa shape index (κ3) is 3.61. The smallest absolute Gasteiger partial charge is 0.316 e. The third-order valence-electron chi connectivity index (χ3n) is 5.94. The molecule has 0 radical (unpaired) electrons. The average molecular weight is 345 g/mol. The van der Waals surface area contributed by atoms with Crippen LogP contribution >= 0.6 is 0 Å². The van der Waals surface area contributed by atoms with Gasteiger partial charge in [-0.05, 0) is 76.6 Å². The lowest BCUT2D eigenvalue weighted by molar-refractivity contribution is -0.143. The summed E-state index contributed by atoms with van der Waals surface area (Å²) in [6, 6.07) is 7.51. The number of nitrogens with one attached hydrogen (secondary N) is 1. The number of carbonyl (C=O) groups is 1. The molecule has 0 heterocycles. The van der Waals surface area contributed by atoms with Gasteiger partial charge in [0.25, 0.3) is 0 Å². The second kappa shape index (κ2) is 6.73. The quantitative estimate of drug-likeness (QED) is 0.648. The first-order valence-corrected chi connectivity index (χ1v) is 9.44. The van der Waals surface area contributed by atoms with Crippen LogP contribution < -0.4 is 10.1 Å². The van der Waals surface area contributed by atoms with Gasteiger partial charge in [0, 0.05) is 12.5 Å². The fraction of sp³-hybridized carbons (Fsp3) is 0.667. The minimum absolute atomic E-state index is 0.199. The fourth-order valence-electron chi connectivity index (χ4n) is 4.62. The third-order valence-corrected chi connectivity index (χ3v) is 5.94. The first-order chi connectivity index (χ1) is 11.7. The predicted octanol–water partition coefficient (Wildman–Crippen LogP) is 3.48. The van der Waals surface area contributed by atoms with Gasteiger partial charge in [-0.1, -0.05) is 18.6 Å². The first kappa shape index (κ1) is 18.4. The molecule has 2 aliphatic carbocycles. The van der Waals surface area contributed by atoms with Gasteiger partial charge < -0.3 is 15.2 Å². The highest BCUT2D eigenvalue weighted by Crippen LogP contribution is 2.54. The average Bonchev–Trinajstić information content (AvgIpc) is 2.94. The van der Waals surface area contributed by atoms with Crippen LogP contribution in [-0.2, 0) is 10.4 Å². The Morgan fingerprint density at radius 3 is 2.80 bits per heavy atom. The van der Waals surface area contributed by atoms with Gasteiger partial charge >= 0.3 is 5.97 Å². The number of ether oxygens (including phenoxy) is 1. The fourth-order valence-corrected chi connectivity index (χ4v) is 4.62. The predicted molar refractivity (Wildman–Crippen MR) is 98.3 cm³/mol. The van der Waals surface area contributed by atoms with E-state index in [4.69, 9.17) is 4.74 Å². The van der Waals surface area contributed by atoms with Crippen molar-refractivity contribution >= 4 is 5.97 Å². The number of benzene rings is 1. The van der Waals surface area contributed by atoms with E-state index in [0.717, 1.165) is 18.5 Å². The number of aliphatic hydroxyl groups is 1. The van der Waals surface area contributed by atoms with Gasteiger partial charge in [0.1, 0.15) is 5.75 Å².